The molecule has 2 rings (SSSR count). The average molecular weight is 526 g/mol. The summed E-state index contributed by atoms with van der Waals surface area (Å²) < 4.78 is 81.9. The Kier molecular flexibility index (Phi) is 8.79. The number of amides is 2. The highest BCUT2D eigenvalue weighted by Gasteiger charge is 2.32. The number of esters is 1. The first-order valence-corrected chi connectivity index (χ1v) is 9.95. The molecule has 0 aliphatic heterocycles. The highest BCUT2D eigenvalue weighted by Crippen LogP contribution is 2.33. The number of hydrazine groups is 1. The number of benzene rings is 1. The number of urea groups is 1. The molecule has 0 unspecified atom stereocenters. The van der Waals surface area contributed by atoms with Crippen LogP contribution in [0.1, 0.15) is 18.1 Å². The van der Waals surface area contributed by atoms with Crippen molar-refractivity contribution in [2.45, 2.75) is 19.3 Å². The van der Waals surface area contributed by atoms with Gasteiger partial charge in [0.15, 0.2) is 5.82 Å². The molecule has 0 aliphatic carbocycles. The van der Waals surface area contributed by atoms with E-state index in [1.165, 1.54) is 20.0 Å². The van der Waals surface area contributed by atoms with E-state index in [0.29, 0.717) is 18.3 Å². The number of nitrogens with zero attached hydrogens (tertiary/aromatic N) is 2. The SMILES string of the molecule is CCOC(=O)/C=C(/NC(=O)Nc1cccc(C(F)(F)F)c1)NN(C)c1ncc(C(F)(F)F)cc1Cl. The number of alkyl halides is 6. The Morgan fingerprint density at radius 1 is 1.11 bits per heavy atom. The maximum absolute atomic E-state index is 12.9. The lowest BCUT2D eigenvalue weighted by Crippen LogP contribution is -2.43. The third-order valence-electron chi connectivity index (χ3n) is 4.00. The summed E-state index contributed by atoms with van der Waals surface area (Å²) in [6.45, 7) is 1.51. The number of anilines is 2. The summed E-state index contributed by atoms with van der Waals surface area (Å²) in [6, 6.07) is 3.37. The van der Waals surface area contributed by atoms with Crippen molar-refractivity contribution in [1.82, 2.24) is 15.7 Å². The van der Waals surface area contributed by atoms with Crippen LogP contribution in [-0.2, 0) is 21.9 Å². The van der Waals surface area contributed by atoms with Crippen LogP contribution in [0.15, 0.2) is 48.4 Å². The van der Waals surface area contributed by atoms with E-state index in [1.54, 1.807) is 0 Å². The summed E-state index contributed by atoms with van der Waals surface area (Å²) >= 11 is 5.89. The number of halogens is 7. The summed E-state index contributed by atoms with van der Waals surface area (Å²) in [5.41, 5.74) is 0.189. The first-order chi connectivity index (χ1) is 16.2. The van der Waals surface area contributed by atoms with E-state index in [-0.39, 0.29) is 23.9 Å². The van der Waals surface area contributed by atoms with E-state index < -0.39 is 40.5 Å². The number of hydrogen-bond acceptors (Lipinski definition) is 6. The molecule has 35 heavy (non-hydrogen) atoms. The molecule has 0 fully saturated rings. The Balaban J connectivity index is 2.22. The molecule has 8 nitrogen and oxygen atoms in total. The van der Waals surface area contributed by atoms with Gasteiger partial charge in [-0.15, -0.1) is 0 Å². The number of nitrogens with one attached hydrogen (secondary N) is 3. The molecule has 0 spiro atoms. The zero-order chi connectivity index (χ0) is 26.4. The van der Waals surface area contributed by atoms with E-state index in [0.717, 1.165) is 23.2 Å². The maximum Gasteiger partial charge on any atom is 0.417 e. The number of hydrogen-bond donors (Lipinski definition) is 3. The van der Waals surface area contributed by atoms with Crippen molar-refractivity contribution in [2.75, 3.05) is 24.0 Å². The van der Waals surface area contributed by atoms with Gasteiger partial charge in [-0.1, -0.05) is 17.7 Å². The fraction of sp³-hybridized carbons (Fsp3) is 0.250. The van der Waals surface area contributed by atoms with Gasteiger partial charge in [0.1, 0.15) is 5.82 Å². The van der Waals surface area contributed by atoms with Crippen molar-refractivity contribution in [3.63, 3.8) is 0 Å². The quantitative estimate of drug-likeness (QED) is 0.205. The number of rotatable bonds is 7. The lowest BCUT2D eigenvalue weighted by atomic mass is 10.2. The number of pyridine rings is 1. The second-order valence-corrected chi connectivity index (χ2v) is 7.07. The molecule has 190 valence electrons. The number of carbonyl (C=O) groups excluding carboxylic acids is 2. The van der Waals surface area contributed by atoms with Crippen LogP contribution in [-0.4, -0.2) is 30.6 Å². The molecule has 2 amide bonds. The zero-order valence-electron chi connectivity index (χ0n) is 18.0. The van der Waals surface area contributed by atoms with E-state index in [2.05, 4.69) is 21.0 Å². The van der Waals surface area contributed by atoms with Crippen LogP contribution in [0.4, 0.5) is 42.6 Å². The van der Waals surface area contributed by atoms with Crippen LogP contribution in [0.3, 0.4) is 0 Å². The van der Waals surface area contributed by atoms with Gasteiger partial charge in [-0.3, -0.25) is 15.8 Å². The highest BCUT2D eigenvalue weighted by molar-refractivity contribution is 6.33. The van der Waals surface area contributed by atoms with Crippen molar-refractivity contribution in [3.05, 3.63) is 64.6 Å². The number of carbonyl (C=O) groups is 2. The molecule has 0 radical (unpaired) electrons. The molecule has 0 aliphatic rings. The van der Waals surface area contributed by atoms with Gasteiger partial charge >= 0.3 is 24.4 Å². The second kappa shape index (κ2) is 11.2. The van der Waals surface area contributed by atoms with E-state index in [1.807, 2.05) is 0 Å². The number of ether oxygens (including phenoxy) is 1. The maximum atomic E-state index is 12.9. The second-order valence-electron chi connectivity index (χ2n) is 6.67. The predicted molar refractivity (Wildman–Crippen MR) is 114 cm³/mol. The molecule has 0 bridgehead atoms. The third-order valence-corrected chi connectivity index (χ3v) is 4.28. The monoisotopic (exact) mass is 525 g/mol. The largest absolute Gasteiger partial charge is 0.463 e. The Morgan fingerprint density at radius 3 is 2.34 bits per heavy atom. The standard InChI is InChI=1S/C20H18ClF6N5O3/c1-3-35-16(33)9-15(30-18(34)29-13-6-4-5-11(7-13)19(22,23)24)31-32(2)17-14(21)8-12(10-28-17)20(25,26)27/h4-10,31H,3H2,1-2H3,(H2,29,30,34)/b15-9-. The van der Waals surface area contributed by atoms with Crippen molar-refractivity contribution < 1.29 is 40.7 Å². The van der Waals surface area contributed by atoms with Crippen LogP contribution < -0.4 is 21.1 Å². The molecule has 15 heteroatoms. The highest BCUT2D eigenvalue weighted by atomic mass is 35.5. The van der Waals surface area contributed by atoms with Gasteiger partial charge in [0.25, 0.3) is 0 Å². The molecule has 2 aromatic rings. The summed E-state index contributed by atoms with van der Waals surface area (Å²) in [6.07, 6.45) is -7.99. The lowest BCUT2D eigenvalue weighted by Gasteiger charge is -2.24. The molecular formula is C20H18ClF6N5O3. The van der Waals surface area contributed by atoms with E-state index in [4.69, 9.17) is 16.3 Å². The van der Waals surface area contributed by atoms with Crippen LogP contribution in [0.5, 0.6) is 0 Å². The van der Waals surface area contributed by atoms with Crippen molar-refractivity contribution in [1.29, 1.82) is 0 Å². The molecular weight excluding hydrogens is 508 g/mol. The molecule has 0 saturated heterocycles. The Hall–Kier alpha value is -3.68. The fourth-order valence-electron chi connectivity index (χ4n) is 2.52. The molecule has 1 aromatic carbocycles. The third kappa shape index (κ3) is 8.24. The molecule has 1 aromatic heterocycles. The number of aromatic nitrogens is 1. The Bertz CT molecular complexity index is 1110. The van der Waals surface area contributed by atoms with Gasteiger partial charge < -0.3 is 10.1 Å². The topological polar surface area (TPSA) is 95.6 Å². The van der Waals surface area contributed by atoms with Crippen molar-refractivity contribution >= 4 is 35.1 Å². The smallest absolute Gasteiger partial charge is 0.417 e. The molecule has 3 N–H and O–H groups in total. The molecule has 0 saturated carbocycles. The predicted octanol–water partition coefficient (Wildman–Crippen LogP) is 4.94. The van der Waals surface area contributed by atoms with Crippen LogP contribution in [0, 0.1) is 0 Å². The summed E-state index contributed by atoms with van der Waals surface area (Å²) in [5.74, 6) is -1.46. The van der Waals surface area contributed by atoms with Crippen LogP contribution in [0.2, 0.25) is 5.02 Å². The lowest BCUT2D eigenvalue weighted by molar-refractivity contribution is -0.138. The van der Waals surface area contributed by atoms with Crippen molar-refractivity contribution in [3.8, 4) is 0 Å². The minimum atomic E-state index is -4.68. The van der Waals surface area contributed by atoms with Crippen molar-refractivity contribution in [2.24, 2.45) is 0 Å². The minimum Gasteiger partial charge on any atom is -0.463 e. The fourth-order valence-corrected chi connectivity index (χ4v) is 2.82. The van der Waals surface area contributed by atoms with E-state index >= 15 is 0 Å². The molecule has 1 heterocycles. The normalized spacial score (nSPS) is 12.1. The summed E-state index contributed by atoms with van der Waals surface area (Å²) in [4.78, 5) is 27.8. The molecule has 0 atom stereocenters. The van der Waals surface area contributed by atoms with Gasteiger partial charge in [-0.2, -0.15) is 26.3 Å². The van der Waals surface area contributed by atoms with Gasteiger partial charge in [0, 0.05) is 18.9 Å². The van der Waals surface area contributed by atoms with Gasteiger partial charge in [-0.25, -0.2) is 14.6 Å². The summed E-state index contributed by atoms with van der Waals surface area (Å²) in [7, 11) is 1.27. The zero-order valence-corrected chi connectivity index (χ0v) is 18.8. The van der Waals surface area contributed by atoms with Gasteiger partial charge in [0.05, 0.1) is 28.8 Å². The van der Waals surface area contributed by atoms with E-state index in [9.17, 15) is 35.9 Å². The summed E-state index contributed by atoms with van der Waals surface area (Å²) in [5, 5.41) is 4.96. The Morgan fingerprint density at radius 2 is 1.77 bits per heavy atom. The average Bonchev–Trinajstić information content (AvgIpc) is 2.72. The first-order valence-electron chi connectivity index (χ1n) is 9.57. The van der Waals surface area contributed by atoms with Crippen LogP contribution >= 0.6 is 11.6 Å². The van der Waals surface area contributed by atoms with Crippen LogP contribution in [0.25, 0.3) is 0 Å². The van der Waals surface area contributed by atoms with Gasteiger partial charge in [0.2, 0.25) is 0 Å². The minimum absolute atomic E-state index is 0.0127. The van der Waals surface area contributed by atoms with Gasteiger partial charge in [-0.05, 0) is 31.2 Å². The Labute approximate surface area is 199 Å². The first kappa shape index (κ1) is 27.6.